The van der Waals surface area contributed by atoms with Gasteiger partial charge in [0, 0.05) is 0 Å². The average molecular weight is 547 g/mol. The van der Waals surface area contributed by atoms with Gasteiger partial charge in [-0.25, -0.2) is 6.07 Å². The molecule has 0 aromatic heterocycles. The van der Waals surface area contributed by atoms with E-state index in [1.54, 1.807) is 27.4 Å². The van der Waals surface area contributed by atoms with Crippen LogP contribution in [-0.4, -0.2) is 3.21 Å². The first-order valence-corrected chi connectivity index (χ1v) is 12.4. The van der Waals surface area contributed by atoms with Gasteiger partial charge in [-0.2, -0.15) is 53.6 Å². The van der Waals surface area contributed by atoms with Crippen LogP contribution in [0.5, 0.6) is 0 Å². The third-order valence-corrected chi connectivity index (χ3v) is 5.92. The normalized spacial score (nSPS) is 10.7. The Bertz CT molecular complexity index is 861. The minimum absolute atomic E-state index is 0. The monoisotopic (exact) mass is 544 g/mol. The summed E-state index contributed by atoms with van der Waals surface area (Å²) in [7, 11) is 0. The fourth-order valence-corrected chi connectivity index (χ4v) is 3.95. The fourth-order valence-electron chi connectivity index (χ4n) is 3.51. The zero-order chi connectivity index (χ0) is 22.0. The van der Waals surface area contributed by atoms with E-state index >= 15 is 0 Å². The van der Waals surface area contributed by atoms with E-state index in [2.05, 4.69) is 101 Å². The molecule has 0 bridgehead atoms. The van der Waals surface area contributed by atoms with E-state index in [0.29, 0.717) is 5.41 Å². The molecule has 0 saturated heterocycles. The quantitative estimate of drug-likeness (QED) is 0.272. The van der Waals surface area contributed by atoms with Gasteiger partial charge in [-0.05, 0) is 6.42 Å². The van der Waals surface area contributed by atoms with Crippen LogP contribution < -0.4 is 24.8 Å². The Balaban J connectivity index is 0.000000456. The number of fused-ring (bicyclic) bond motifs is 3. The molecule has 0 aliphatic heterocycles. The second-order valence-corrected chi connectivity index (χ2v) is 11.2. The minimum Gasteiger partial charge on any atom is -1.00 e. The molecule has 0 fully saturated rings. The predicted molar refractivity (Wildman–Crippen MR) is 129 cm³/mol. The number of unbranched alkanes of at least 4 members (excludes halogenated alkanes) is 2. The molecule has 32 heavy (non-hydrogen) atoms. The summed E-state index contributed by atoms with van der Waals surface area (Å²) < 4.78 is 1.66. The largest absolute Gasteiger partial charge is 1.00 e. The van der Waals surface area contributed by atoms with Crippen molar-refractivity contribution in [2.24, 2.45) is 0 Å². The topological polar surface area (TPSA) is 0 Å². The molecule has 0 radical (unpaired) electrons. The maximum absolute atomic E-state index is 3.30. The molecule has 0 amide bonds. The van der Waals surface area contributed by atoms with Crippen molar-refractivity contribution in [3.05, 3.63) is 89.5 Å². The zero-order valence-electron chi connectivity index (χ0n) is 20.1. The molecular formula is C29H36Cl2Zr-2. The summed E-state index contributed by atoms with van der Waals surface area (Å²) in [5, 5.41) is 0. The number of hydrogen-bond donors (Lipinski definition) is 0. The Hall–Kier alpha value is -0.877. The van der Waals surface area contributed by atoms with Gasteiger partial charge in [0.15, 0.2) is 0 Å². The Morgan fingerprint density at radius 1 is 1.00 bits per heavy atom. The number of rotatable bonds is 4. The van der Waals surface area contributed by atoms with Crippen LogP contribution in [0.1, 0.15) is 77.0 Å². The van der Waals surface area contributed by atoms with Gasteiger partial charge in [0.05, 0.1) is 0 Å². The Kier molecular flexibility index (Phi) is 15.4. The van der Waals surface area contributed by atoms with Crippen LogP contribution >= 0.6 is 0 Å². The van der Waals surface area contributed by atoms with E-state index in [0.717, 1.165) is 6.42 Å². The summed E-state index contributed by atoms with van der Waals surface area (Å²) in [6.07, 6.45) is 6.58. The van der Waals surface area contributed by atoms with Gasteiger partial charge >= 0.3 is 67.0 Å². The number of hydrogen-bond acceptors (Lipinski definition) is 0. The molecule has 3 aromatic rings. The van der Waals surface area contributed by atoms with Crippen molar-refractivity contribution in [2.75, 3.05) is 0 Å². The molecule has 0 saturated carbocycles. The third kappa shape index (κ3) is 10.4. The Morgan fingerprint density at radius 3 is 2.25 bits per heavy atom. The molecule has 0 atom stereocenters. The van der Waals surface area contributed by atoms with Gasteiger partial charge < -0.3 is 24.8 Å². The SMILES string of the molecule is CC(C)(C)c1cc[cH-]c1.CCCCC[C](C)=[Zr+2].[Cl-].[Cl-].[c-]1cccc2c1Cc1ccccc1-2. The summed E-state index contributed by atoms with van der Waals surface area (Å²) >= 11 is 1.62. The van der Waals surface area contributed by atoms with Crippen LogP contribution in [0.4, 0.5) is 0 Å². The van der Waals surface area contributed by atoms with Gasteiger partial charge in [-0.1, -0.05) is 61.6 Å². The molecule has 0 N–H and O–H groups in total. The van der Waals surface area contributed by atoms with Crippen molar-refractivity contribution in [2.45, 2.75) is 72.1 Å². The van der Waals surface area contributed by atoms with Crippen molar-refractivity contribution in [1.82, 2.24) is 0 Å². The van der Waals surface area contributed by atoms with Gasteiger partial charge in [0.1, 0.15) is 0 Å². The summed E-state index contributed by atoms with van der Waals surface area (Å²) in [6, 6.07) is 26.6. The molecule has 0 nitrogen and oxygen atoms in total. The molecule has 0 unspecified atom stereocenters. The molecule has 0 heterocycles. The van der Waals surface area contributed by atoms with Crippen LogP contribution in [0.25, 0.3) is 11.1 Å². The average Bonchev–Trinajstić information content (AvgIpc) is 3.37. The van der Waals surface area contributed by atoms with Crippen molar-refractivity contribution in [3.63, 3.8) is 0 Å². The molecule has 1 aliphatic carbocycles. The van der Waals surface area contributed by atoms with E-state index in [1.807, 2.05) is 6.07 Å². The minimum atomic E-state index is 0. The maximum Gasteiger partial charge on any atom is -0.0253 e. The summed E-state index contributed by atoms with van der Waals surface area (Å²) in [5.74, 6) is 0. The second-order valence-electron chi connectivity index (χ2n) is 9.06. The molecular weight excluding hydrogens is 510 g/mol. The van der Waals surface area contributed by atoms with Crippen molar-refractivity contribution in [1.29, 1.82) is 0 Å². The van der Waals surface area contributed by atoms with Crippen molar-refractivity contribution in [3.8, 4) is 11.1 Å². The van der Waals surface area contributed by atoms with Crippen molar-refractivity contribution < 1.29 is 49.0 Å². The van der Waals surface area contributed by atoms with E-state index in [4.69, 9.17) is 0 Å². The van der Waals surface area contributed by atoms with Crippen LogP contribution in [0.3, 0.4) is 0 Å². The van der Waals surface area contributed by atoms with Gasteiger partial charge in [0.25, 0.3) is 0 Å². The smallest absolute Gasteiger partial charge is 0.0253 e. The van der Waals surface area contributed by atoms with E-state index in [-0.39, 0.29) is 24.8 Å². The van der Waals surface area contributed by atoms with Crippen LogP contribution in [-0.2, 0) is 36.1 Å². The maximum atomic E-state index is 3.30. The first-order valence-electron chi connectivity index (χ1n) is 11.2. The van der Waals surface area contributed by atoms with Crippen molar-refractivity contribution >= 4 is 3.21 Å². The van der Waals surface area contributed by atoms with Crippen LogP contribution in [0, 0.1) is 6.07 Å². The van der Waals surface area contributed by atoms with Gasteiger partial charge in [-0.15, -0.1) is 5.56 Å². The van der Waals surface area contributed by atoms with Crippen LogP contribution in [0.15, 0.2) is 66.7 Å². The first kappa shape index (κ1) is 31.1. The van der Waals surface area contributed by atoms with Gasteiger partial charge in [0.2, 0.25) is 0 Å². The Labute approximate surface area is 223 Å². The first-order chi connectivity index (χ1) is 14.3. The zero-order valence-corrected chi connectivity index (χ0v) is 24.1. The standard InChI is InChI=1S/C13H9.C9H13.C7H14.2ClH.Zr/c1-3-7-12-10(5-1)9-11-6-2-4-8-13(11)12;1-9(2,3)8-6-4-5-7-8;1-3-5-7-6-4-2;;;/h1-5,7-8H,9H2;4-7H,1-3H3;3,5-7H2,1-2H3;2*1H;/q2*-1;;;;+2/p-2. The van der Waals surface area contributed by atoms with Crippen LogP contribution in [0.2, 0.25) is 0 Å². The van der Waals surface area contributed by atoms with E-state index in [9.17, 15) is 0 Å². The van der Waals surface area contributed by atoms with E-state index in [1.165, 1.54) is 53.5 Å². The van der Waals surface area contributed by atoms with Gasteiger partial charge in [-0.3, -0.25) is 0 Å². The molecule has 3 aromatic carbocycles. The molecule has 3 heteroatoms. The Morgan fingerprint density at radius 2 is 1.69 bits per heavy atom. The second kappa shape index (κ2) is 15.9. The van der Waals surface area contributed by atoms with E-state index < -0.39 is 0 Å². The number of halogens is 2. The third-order valence-electron chi connectivity index (χ3n) is 5.30. The molecule has 1 aliphatic rings. The number of benzene rings is 2. The predicted octanol–water partition coefficient (Wildman–Crippen LogP) is 2.07. The molecule has 172 valence electrons. The summed E-state index contributed by atoms with van der Waals surface area (Å²) in [6.45, 7) is 11.2. The molecule has 4 rings (SSSR count). The molecule has 0 spiro atoms. The fraction of sp³-hybridized carbons (Fsp3) is 0.379. The summed E-state index contributed by atoms with van der Waals surface area (Å²) in [4.78, 5) is 0. The summed E-state index contributed by atoms with van der Waals surface area (Å²) in [5.41, 5.74) is 7.25.